The lowest BCUT2D eigenvalue weighted by Crippen LogP contribution is -2.51. The van der Waals surface area contributed by atoms with Crippen LogP contribution in [-0.2, 0) is 11.3 Å². The first-order valence-corrected chi connectivity index (χ1v) is 8.00. The van der Waals surface area contributed by atoms with Gasteiger partial charge in [0.05, 0.1) is 5.92 Å². The van der Waals surface area contributed by atoms with E-state index in [1.165, 1.54) is 16.7 Å². The van der Waals surface area contributed by atoms with E-state index >= 15 is 0 Å². The minimum atomic E-state index is -0.0122. The minimum Gasteiger partial charge on any atom is -0.340 e. The number of fused-ring (bicyclic) bond motifs is 1. The summed E-state index contributed by atoms with van der Waals surface area (Å²) in [5.74, 6) is 0.284. The first-order chi connectivity index (χ1) is 10.2. The molecule has 114 valence electrons. The van der Waals surface area contributed by atoms with E-state index in [1.807, 2.05) is 0 Å². The van der Waals surface area contributed by atoms with Gasteiger partial charge >= 0.3 is 0 Å². The lowest BCUT2D eigenvalue weighted by Gasteiger charge is -2.37. The molecule has 1 saturated heterocycles. The summed E-state index contributed by atoms with van der Waals surface area (Å²) in [6.45, 7) is 10.7. The molecule has 1 amide bonds. The van der Waals surface area contributed by atoms with Crippen molar-refractivity contribution in [2.24, 2.45) is 0 Å². The van der Waals surface area contributed by atoms with Crippen LogP contribution in [0.1, 0.15) is 29.5 Å². The van der Waals surface area contributed by atoms with Gasteiger partial charge in [-0.05, 0) is 24.6 Å². The van der Waals surface area contributed by atoms with Crippen LogP contribution >= 0.6 is 0 Å². The maximum absolute atomic E-state index is 12.9. The predicted octanol–water partition coefficient (Wildman–Crippen LogP) is 1.35. The van der Waals surface area contributed by atoms with Crippen LogP contribution in [0.15, 0.2) is 18.2 Å². The number of hydrogen-bond acceptors (Lipinski definition) is 3. The number of rotatable bonds is 2. The highest BCUT2D eigenvalue weighted by molar-refractivity contribution is 5.85. The quantitative estimate of drug-likeness (QED) is 0.892. The highest BCUT2D eigenvalue weighted by Gasteiger charge is 2.31. The Bertz CT molecular complexity index is 521. The predicted molar refractivity (Wildman–Crippen MR) is 84.3 cm³/mol. The lowest BCUT2D eigenvalue weighted by atomic mass is 9.88. The molecule has 3 rings (SSSR count). The SMILES string of the molecule is CCN1CCN(C(=O)C2CNCc3ccc(C)cc32)CC1. The van der Waals surface area contributed by atoms with Crippen molar-refractivity contribution in [3.63, 3.8) is 0 Å². The molecule has 4 nitrogen and oxygen atoms in total. The van der Waals surface area contributed by atoms with Gasteiger partial charge in [0.1, 0.15) is 0 Å². The van der Waals surface area contributed by atoms with Crippen LogP contribution in [0.25, 0.3) is 0 Å². The second-order valence-electron chi connectivity index (χ2n) is 6.15. The molecule has 2 heterocycles. The molecule has 0 bridgehead atoms. The molecule has 2 aliphatic heterocycles. The van der Waals surface area contributed by atoms with Crippen molar-refractivity contribution >= 4 is 5.91 Å². The zero-order valence-corrected chi connectivity index (χ0v) is 13.1. The van der Waals surface area contributed by atoms with Gasteiger partial charge in [0.25, 0.3) is 0 Å². The van der Waals surface area contributed by atoms with Gasteiger partial charge in [-0.15, -0.1) is 0 Å². The molecular formula is C17H25N3O. The number of aryl methyl sites for hydroxylation is 1. The Balaban J connectivity index is 1.76. The number of benzene rings is 1. The van der Waals surface area contributed by atoms with Crippen LogP contribution in [0.3, 0.4) is 0 Å². The third kappa shape index (κ3) is 2.97. The van der Waals surface area contributed by atoms with E-state index in [1.54, 1.807) is 0 Å². The van der Waals surface area contributed by atoms with Gasteiger partial charge in [-0.2, -0.15) is 0 Å². The van der Waals surface area contributed by atoms with Gasteiger partial charge in [-0.25, -0.2) is 0 Å². The molecule has 2 aliphatic rings. The van der Waals surface area contributed by atoms with Crippen LogP contribution in [0.4, 0.5) is 0 Å². The van der Waals surface area contributed by atoms with Gasteiger partial charge in [0.2, 0.25) is 5.91 Å². The summed E-state index contributed by atoms with van der Waals surface area (Å²) in [4.78, 5) is 17.3. The Hall–Kier alpha value is -1.39. The highest BCUT2D eigenvalue weighted by atomic mass is 16.2. The third-order valence-corrected chi connectivity index (χ3v) is 4.77. The number of carbonyl (C=O) groups is 1. The van der Waals surface area contributed by atoms with Gasteiger partial charge in [-0.3, -0.25) is 4.79 Å². The number of hydrogen-bond donors (Lipinski definition) is 1. The largest absolute Gasteiger partial charge is 0.340 e. The summed E-state index contributed by atoms with van der Waals surface area (Å²) >= 11 is 0. The molecule has 1 aromatic rings. The maximum Gasteiger partial charge on any atom is 0.231 e. The molecular weight excluding hydrogens is 262 g/mol. The van der Waals surface area contributed by atoms with Crippen molar-refractivity contribution in [3.8, 4) is 0 Å². The van der Waals surface area contributed by atoms with Crippen molar-refractivity contribution in [1.29, 1.82) is 0 Å². The highest BCUT2D eigenvalue weighted by Crippen LogP contribution is 2.27. The van der Waals surface area contributed by atoms with E-state index in [4.69, 9.17) is 0 Å². The van der Waals surface area contributed by atoms with Crippen LogP contribution < -0.4 is 5.32 Å². The van der Waals surface area contributed by atoms with Crippen LogP contribution in [0, 0.1) is 6.92 Å². The molecule has 1 fully saturated rings. The zero-order valence-electron chi connectivity index (χ0n) is 13.1. The van der Waals surface area contributed by atoms with Gasteiger partial charge in [0, 0.05) is 39.3 Å². The lowest BCUT2D eigenvalue weighted by molar-refractivity contribution is -0.134. The molecule has 1 N–H and O–H groups in total. The third-order valence-electron chi connectivity index (χ3n) is 4.77. The van der Waals surface area contributed by atoms with E-state index in [0.717, 1.165) is 45.8 Å². The Morgan fingerprint density at radius 3 is 2.76 bits per heavy atom. The van der Waals surface area contributed by atoms with Crippen molar-refractivity contribution in [3.05, 3.63) is 34.9 Å². The number of likely N-dealkylation sites (N-methyl/N-ethyl adjacent to an activating group) is 1. The number of amides is 1. The molecule has 0 radical (unpaired) electrons. The second kappa shape index (κ2) is 6.16. The molecule has 21 heavy (non-hydrogen) atoms. The zero-order chi connectivity index (χ0) is 14.8. The molecule has 0 spiro atoms. The van der Waals surface area contributed by atoms with E-state index in [9.17, 15) is 4.79 Å². The normalized spacial score (nSPS) is 23.0. The number of nitrogens with one attached hydrogen (secondary N) is 1. The Kier molecular flexibility index (Phi) is 4.27. The number of carbonyl (C=O) groups excluding carboxylic acids is 1. The average Bonchev–Trinajstić information content (AvgIpc) is 2.53. The molecule has 4 heteroatoms. The van der Waals surface area contributed by atoms with Gasteiger partial charge in [-0.1, -0.05) is 30.7 Å². The fraction of sp³-hybridized carbons (Fsp3) is 0.588. The summed E-state index contributed by atoms with van der Waals surface area (Å²) in [7, 11) is 0. The van der Waals surface area contributed by atoms with Gasteiger partial charge in [0.15, 0.2) is 0 Å². The first kappa shape index (κ1) is 14.5. The molecule has 1 atom stereocenters. The van der Waals surface area contributed by atoms with Crippen molar-refractivity contribution in [2.45, 2.75) is 26.3 Å². The van der Waals surface area contributed by atoms with Crippen LogP contribution in [0.5, 0.6) is 0 Å². The smallest absolute Gasteiger partial charge is 0.231 e. The van der Waals surface area contributed by atoms with E-state index < -0.39 is 0 Å². The van der Waals surface area contributed by atoms with E-state index in [-0.39, 0.29) is 5.92 Å². The molecule has 1 unspecified atom stereocenters. The standard InChI is InChI=1S/C17H25N3O/c1-3-19-6-8-20(9-7-19)17(21)16-12-18-11-14-5-4-13(2)10-15(14)16/h4-5,10,16,18H,3,6-9,11-12H2,1-2H3. The van der Waals surface area contributed by atoms with Gasteiger partial charge < -0.3 is 15.1 Å². The number of piperazine rings is 1. The molecule has 0 saturated carbocycles. The maximum atomic E-state index is 12.9. The summed E-state index contributed by atoms with van der Waals surface area (Å²) < 4.78 is 0. The Labute approximate surface area is 127 Å². The van der Waals surface area contributed by atoms with Crippen molar-refractivity contribution < 1.29 is 4.79 Å². The topological polar surface area (TPSA) is 35.6 Å². The van der Waals surface area contributed by atoms with E-state index in [0.29, 0.717) is 5.91 Å². The van der Waals surface area contributed by atoms with E-state index in [2.05, 4.69) is 47.2 Å². The summed E-state index contributed by atoms with van der Waals surface area (Å²) in [5.41, 5.74) is 3.75. The second-order valence-corrected chi connectivity index (χ2v) is 6.15. The first-order valence-electron chi connectivity index (χ1n) is 8.00. The Morgan fingerprint density at radius 1 is 1.29 bits per heavy atom. The molecule has 1 aromatic carbocycles. The molecule has 0 aliphatic carbocycles. The summed E-state index contributed by atoms with van der Waals surface area (Å²) in [6.07, 6.45) is 0. The number of nitrogens with zero attached hydrogens (tertiary/aromatic N) is 2. The summed E-state index contributed by atoms with van der Waals surface area (Å²) in [5, 5.41) is 3.39. The fourth-order valence-corrected chi connectivity index (χ4v) is 3.39. The van der Waals surface area contributed by atoms with Crippen LogP contribution in [-0.4, -0.2) is 55.0 Å². The summed E-state index contributed by atoms with van der Waals surface area (Å²) in [6, 6.07) is 6.49. The minimum absolute atomic E-state index is 0.0122. The average molecular weight is 287 g/mol. The molecule has 0 aromatic heterocycles. The monoisotopic (exact) mass is 287 g/mol. The van der Waals surface area contributed by atoms with Crippen molar-refractivity contribution in [1.82, 2.24) is 15.1 Å². The van der Waals surface area contributed by atoms with Crippen molar-refractivity contribution in [2.75, 3.05) is 39.3 Å². The Morgan fingerprint density at radius 2 is 2.05 bits per heavy atom. The fourth-order valence-electron chi connectivity index (χ4n) is 3.39. The van der Waals surface area contributed by atoms with Crippen LogP contribution in [0.2, 0.25) is 0 Å².